The van der Waals surface area contributed by atoms with Crippen molar-refractivity contribution in [2.45, 2.75) is 24.9 Å². The molecule has 130 valence electrons. The molecule has 0 bridgehead atoms. The van der Waals surface area contributed by atoms with Crippen LogP contribution in [0.15, 0.2) is 41.9 Å². The SMILES string of the molecule is O[C@H]1c2c(-c3cccs3)cn(-c3cc(F)cc(Cl)c3)c2CCC1(F)F. The Balaban J connectivity index is 1.97. The largest absolute Gasteiger partial charge is 0.382 e. The van der Waals surface area contributed by atoms with Gasteiger partial charge in [-0.05, 0) is 36.1 Å². The number of hydrogen-bond donors (Lipinski definition) is 1. The van der Waals surface area contributed by atoms with Crippen LogP contribution in [0.2, 0.25) is 5.02 Å². The summed E-state index contributed by atoms with van der Waals surface area (Å²) >= 11 is 7.34. The molecule has 0 saturated carbocycles. The molecule has 1 aliphatic carbocycles. The number of alkyl halides is 2. The summed E-state index contributed by atoms with van der Waals surface area (Å²) in [4.78, 5) is 0.772. The van der Waals surface area contributed by atoms with Gasteiger partial charge in [-0.25, -0.2) is 13.2 Å². The van der Waals surface area contributed by atoms with Crippen LogP contribution < -0.4 is 0 Å². The van der Waals surface area contributed by atoms with E-state index in [-0.39, 0.29) is 17.0 Å². The molecule has 0 radical (unpaired) electrons. The maximum absolute atomic E-state index is 14.1. The van der Waals surface area contributed by atoms with E-state index in [0.717, 1.165) is 4.88 Å². The van der Waals surface area contributed by atoms with E-state index in [4.69, 9.17) is 11.6 Å². The number of thiophene rings is 1. The molecular formula is C18H13ClF3NOS. The van der Waals surface area contributed by atoms with Crippen molar-refractivity contribution in [3.05, 3.63) is 64.0 Å². The highest BCUT2D eigenvalue weighted by Crippen LogP contribution is 2.47. The monoisotopic (exact) mass is 383 g/mol. The first kappa shape index (κ1) is 16.7. The second kappa shape index (κ2) is 5.90. The molecule has 0 saturated heterocycles. The Kier molecular flexibility index (Phi) is 3.94. The summed E-state index contributed by atoms with van der Waals surface area (Å²) in [5.41, 5.74) is 1.75. The quantitative estimate of drug-likeness (QED) is 0.611. The van der Waals surface area contributed by atoms with Gasteiger partial charge in [0.05, 0.1) is 0 Å². The van der Waals surface area contributed by atoms with Crippen LogP contribution in [0.3, 0.4) is 0 Å². The van der Waals surface area contributed by atoms with Crippen LogP contribution in [-0.2, 0) is 6.42 Å². The highest BCUT2D eigenvalue weighted by Gasteiger charge is 2.46. The molecule has 2 nitrogen and oxygen atoms in total. The number of benzene rings is 1. The van der Waals surface area contributed by atoms with Gasteiger partial charge in [-0.2, -0.15) is 0 Å². The van der Waals surface area contributed by atoms with Gasteiger partial charge in [-0.3, -0.25) is 0 Å². The topological polar surface area (TPSA) is 25.2 Å². The van der Waals surface area contributed by atoms with Gasteiger partial charge in [0, 0.05) is 45.0 Å². The smallest absolute Gasteiger partial charge is 0.278 e. The lowest BCUT2D eigenvalue weighted by Crippen LogP contribution is -2.32. The summed E-state index contributed by atoms with van der Waals surface area (Å²) in [6.45, 7) is 0. The van der Waals surface area contributed by atoms with E-state index < -0.39 is 24.3 Å². The molecule has 2 aromatic heterocycles. The van der Waals surface area contributed by atoms with Crippen molar-refractivity contribution >= 4 is 22.9 Å². The zero-order chi connectivity index (χ0) is 17.8. The van der Waals surface area contributed by atoms with Gasteiger partial charge in [0.15, 0.2) is 0 Å². The van der Waals surface area contributed by atoms with E-state index >= 15 is 0 Å². The number of fused-ring (bicyclic) bond motifs is 1. The average molecular weight is 384 g/mol. The van der Waals surface area contributed by atoms with E-state index in [1.807, 2.05) is 17.5 Å². The lowest BCUT2D eigenvalue weighted by atomic mass is 9.88. The summed E-state index contributed by atoms with van der Waals surface area (Å²) in [5.74, 6) is -3.70. The second-order valence-corrected chi connectivity index (χ2v) is 7.43. The van der Waals surface area contributed by atoms with Gasteiger partial charge >= 0.3 is 0 Å². The van der Waals surface area contributed by atoms with Crippen LogP contribution in [-0.4, -0.2) is 15.6 Å². The molecule has 0 amide bonds. The molecule has 0 fully saturated rings. The number of nitrogens with zero attached hydrogens (tertiary/aromatic N) is 1. The highest BCUT2D eigenvalue weighted by molar-refractivity contribution is 7.13. The third kappa shape index (κ3) is 2.78. The lowest BCUT2D eigenvalue weighted by molar-refractivity contribution is -0.121. The fourth-order valence-corrected chi connectivity index (χ4v) is 4.26. The third-order valence-corrected chi connectivity index (χ3v) is 5.55. The number of halogens is 4. The van der Waals surface area contributed by atoms with Crippen LogP contribution >= 0.6 is 22.9 Å². The number of rotatable bonds is 2. The zero-order valence-electron chi connectivity index (χ0n) is 12.8. The Morgan fingerprint density at radius 1 is 1.28 bits per heavy atom. The molecule has 0 aliphatic heterocycles. The molecular weight excluding hydrogens is 371 g/mol. The van der Waals surface area contributed by atoms with Gasteiger partial charge in [0.2, 0.25) is 0 Å². The lowest BCUT2D eigenvalue weighted by Gasteiger charge is -2.29. The van der Waals surface area contributed by atoms with E-state index in [1.54, 1.807) is 16.8 Å². The van der Waals surface area contributed by atoms with E-state index in [2.05, 4.69) is 0 Å². The number of aromatic nitrogens is 1. The van der Waals surface area contributed by atoms with Crippen molar-refractivity contribution in [2.75, 3.05) is 0 Å². The number of aliphatic hydroxyl groups is 1. The molecule has 1 N–H and O–H groups in total. The number of hydrogen-bond acceptors (Lipinski definition) is 2. The van der Waals surface area contributed by atoms with Crippen molar-refractivity contribution in [3.8, 4) is 16.1 Å². The Bertz CT molecular complexity index is 916. The maximum Gasteiger partial charge on any atom is 0.278 e. The third-order valence-electron chi connectivity index (χ3n) is 4.43. The molecule has 7 heteroatoms. The second-order valence-electron chi connectivity index (χ2n) is 6.04. The Morgan fingerprint density at radius 2 is 2.08 bits per heavy atom. The standard InChI is InChI=1S/C18H13ClF3NOS/c19-10-6-11(20)8-12(7-10)23-9-13(15-2-1-5-25-15)16-14(23)3-4-18(21,22)17(16)24/h1-2,5-9,17,24H,3-4H2/t17-/m0/s1. The van der Waals surface area contributed by atoms with Crippen LogP contribution in [0.4, 0.5) is 13.2 Å². The summed E-state index contributed by atoms with van der Waals surface area (Å²) in [6, 6.07) is 7.68. The molecule has 1 atom stereocenters. The maximum atomic E-state index is 14.1. The van der Waals surface area contributed by atoms with E-state index in [1.165, 1.54) is 23.5 Å². The van der Waals surface area contributed by atoms with Crippen molar-refractivity contribution in [1.82, 2.24) is 4.57 Å². The molecule has 2 heterocycles. The average Bonchev–Trinajstić information content (AvgIpc) is 3.17. The van der Waals surface area contributed by atoms with Gasteiger partial charge in [-0.15, -0.1) is 11.3 Å². The molecule has 3 aromatic rings. The minimum atomic E-state index is -3.19. The van der Waals surface area contributed by atoms with Crippen molar-refractivity contribution in [3.63, 3.8) is 0 Å². The molecule has 0 unspecified atom stereocenters. The molecule has 25 heavy (non-hydrogen) atoms. The fourth-order valence-electron chi connectivity index (χ4n) is 3.29. The predicted octanol–water partition coefficient (Wildman–Crippen LogP) is 5.61. The van der Waals surface area contributed by atoms with Crippen molar-refractivity contribution in [2.24, 2.45) is 0 Å². The summed E-state index contributed by atoms with van der Waals surface area (Å²) in [6.07, 6.45) is -0.595. The summed E-state index contributed by atoms with van der Waals surface area (Å²) < 4.78 is 43.6. The van der Waals surface area contributed by atoms with Gasteiger partial charge < -0.3 is 9.67 Å². The van der Waals surface area contributed by atoms with Gasteiger partial charge in [0.1, 0.15) is 11.9 Å². The first-order valence-corrected chi connectivity index (χ1v) is 8.93. The fraction of sp³-hybridized carbons (Fsp3) is 0.222. The van der Waals surface area contributed by atoms with Gasteiger partial charge in [0.25, 0.3) is 5.92 Å². The van der Waals surface area contributed by atoms with Crippen molar-refractivity contribution in [1.29, 1.82) is 0 Å². The number of aliphatic hydroxyl groups excluding tert-OH is 1. The minimum Gasteiger partial charge on any atom is -0.382 e. The molecule has 1 aliphatic rings. The van der Waals surface area contributed by atoms with Crippen LogP contribution in [0, 0.1) is 5.82 Å². The predicted molar refractivity (Wildman–Crippen MR) is 92.3 cm³/mol. The highest BCUT2D eigenvalue weighted by atomic mass is 35.5. The minimum absolute atomic E-state index is 0.0822. The molecule has 4 rings (SSSR count). The summed E-state index contributed by atoms with van der Waals surface area (Å²) in [7, 11) is 0. The zero-order valence-corrected chi connectivity index (χ0v) is 14.4. The summed E-state index contributed by atoms with van der Waals surface area (Å²) in [5, 5.41) is 12.3. The Labute approximate surface area is 151 Å². The van der Waals surface area contributed by atoms with Gasteiger partial charge in [-0.1, -0.05) is 17.7 Å². The van der Waals surface area contributed by atoms with Crippen LogP contribution in [0.25, 0.3) is 16.1 Å². The first-order valence-electron chi connectivity index (χ1n) is 7.67. The molecule has 1 aromatic carbocycles. The van der Waals surface area contributed by atoms with Crippen LogP contribution in [0.5, 0.6) is 0 Å². The first-order chi connectivity index (χ1) is 11.9. The van der Waals surface area contributed by atoms with Crippen molar-refractivity contribution < 1.29 is 18.3 Å². The van der Waals surface area contributed by atoms with Crippen LogP contribution in [0.1, 0.15) is 23.8 Å². The molecule has 0 spiro atoms. The Morgan fingerprint density at radius 3 is 2.76 bits per heavy atom. The normalized spacial score (nSPS) is 19.0. The van der Waals surface area contributed by atoms with E-state index in [9.17, 15) is 18.3 Å². The Hall–Kier alpha value is -1.76. The van der Waals surface area contributed by atoms with E-state index in [0.29, 0.717) is 16.9 Å².